The number of rotatable bonds is 3. The number of hydrogen-bond donors (Lipinski definition) is 1. The second-order valence-electron chi connectivity index (χ2n) is 2.03. The molecule has 0 amide bonds. The first kappa shape index (κ1) is 7.71. The highest BCUT2D eigenvalue weighted by atomic mass is 16.5. The van der Waals surface area contributed by atoms with Gasteiger partial charge in [-0.1, -0.05) is 12.1 Å². The smallest absolute Gasteiger partial charge is 0.311 e. The molecule has 1 heterocycles. The van der Waals surface area contributed by atoms with E-state index in [0.717, 1.165) is 0 Å². The van der Waals surface area contributed by atoms with E-state index in [4.69, 9.17) is 9.63 Å². The maximum absolute atomic E-state index is 10.1. The molecule has 0 aliphatic carbocycles. The lowest BCUT2D eigenvalue weighted by Gasteiger charge is -1.82. The second-order valence-corrected chi connectivity index (χ2v) is 2.03. The van der Waals surface area contributed by atoms with Gasteiger partial charge < -0.3 is 9.63 Å². The number of carbonyl (C=O) groups is 1. The van der Waals surface area contributed by atoms with Crippen LogP contribution in [0.3, 0.4) is 0 Å². The molecule has 0 radical (unpaired) electrons. The number of aromatic nitrogens is 2. The van der Waals surface area contributed by atoms with Crippen molar-refractivity contribution >= 4 is 5.97 Å². The van der Waals surface area contributed by atoms with Gasteiger partial charge in [-0.15, -0.1) is 0 Å². The summed E-state index contributed by atoms with van der Waals surface area (Å²) < 4.78 is 4.69. The molecule has 0 saturated heterocycles. The molecule has 5 nitrogen and oxygen atoms in total. The van der Waals surface area contributed by atoms with E-state index in [-0.39, 0.29) is 12.2 Å². The van der Waals surface area contributed by atoms with E-state index < -0.39 is 5.97 Å². The molecule has 0 aliphatic heterocycles. The third-order valence-electron chi connectivity index (χ3n) is 1.12. The normalized spacial score (nSPS) is 9.91. The third kappa shape index (κ3) is 2.03. The van der Waals surface area contributed by atoms with Crippen molar-refractivity contribution in [3.63, 3.8) is 0 Å². The van der Waals surface area contributed by atoms with Gasteiger partial charge in [0.05, 0.1) is 0 Å². The minimum atomic E-state index is -0.951. The summed E-state index contributed by atoms with van der Waals surface area (Å²) in [6.45, 7) is 1.86. The zero-order valence-corrected chi connectivity index (χ0v) is 6.07. The summed E-state index contributed by atoms with van der Waals surface area (Å²) in [5.41, 5.74) is 0. The van der Waals surface area contributed by atoms with Crippen LogP contribution >= 0.6 is 0 Å². The van der Waals surface area contributed by atoms with Gasteiger partial charge in [-0.2, -0.15) is 4.98 Å². The molecule has 0 spiro atoms. The van der Waals surface area contributed by atoms with Gasteiger partial charge in [-0.05, 0) is 0 Å². The van der Waals surface area contributed by atoms with E-state index in [1.165, 1.54) is 0 Å². The van der Waals surface area contributed by atoms with Crippen LogP contribution in [0.1, 0.15) is 18.6 Å². The molecule has 0 fully saturated rings. The lowest BCUT2D eigenvalue weighted by atomic mass is 10.4. The minimum Gasteiger partial charge on any atom is -0.481 e. The Kier molecular flexibility index (Phi) is 2.20. The lowest BCUT2D eigenvalue weighted by molar-refractivity contribution is -0.136. The first-order valence-corrected chi connectivity index (χ1v) is 3.25. The highest BCUT2D eigenvalue weighted by Gasteiger charge is 2.07. The summed E-state index contributed by atoms with van der Waals surface area (Å²) in [6.07, 6.45) is 0.454. The monoisotopic (exact) mass is 156 g/mol. The molecule has 0 atom stereocenters. The van der Waals surface area contributed by atoms with Crippen molar-refractivity contribution < 1.29 is 14.4 Å². The van der Waals surface area contributed by atoms with Crippen LogP contribution in [-0.2, 0) is 17.6 Å². The van der Waals surface area contributed by atoms with Gasteiger partial charge in [0.25, 0.3) is 0 Å². The van der Waals surface area contributed by atoms with Crippen LogP contribution in [0.25, 0.3) is 0 Å². The van der Waals surface area contributed by atoms with Gasteiger partial charge >= 0.3 is 5.97 Å². The summed E-state index contributed by atoms with van der Waals surface area (Å²) in [4.78, 5) is 14.0. The number of nitrogens with zero attached hydrogens (tertiary/aromatic N) is 2. The number of hydrogen-bond acceptors (Lipinski definition) is 4. The molecule has 5 heteroatoms. The molecule has 1 N–H and O–H groups in total. The molecule has 1 rings (SSSR count). The fourth-order valence-electron chi connectivity index (χ4n) is 0.641. The number of aryl methyl sites for hydroxylation is 1. The molecule has 0 unspecified atom stereocenters. The fourth-order valence-corrected chi connectivity index (χ4v) is 0.641. The van der Waals surface area contributed by atoms with Crippen LogP contribution in [0.2, 0.25) is 0 Å². The van der Waals surface area contributed by atoms with E-state index in [2.05, 4.69) is 10.1 Å². The molecule has 0 saturated carbocycles. The van der Waals surface area contributed by atoms with Crippen molar-refractivity contribution in [2.24, 2.45) is 0 Å². The van der Waals surface area contributed by atoms with Crippen molar-refractivity contribution in [2.45, 2.75) is 19.8 Å². The average Bonchev–Trinajstić information content (AvgIpc) is 2.34. The van der Waals surface area contributed by atoms with E-state index in [0.29, 0.717) is 12.3 Å². The van der Waals surface area contributed by atoms with Gasteiger partial charge in [0.2, 0.25) is 5.89 Å². The Morgan fingerprint density at radius 1 is 1.73 bits per heavy atom. The molecule has 0 aromatic carbocycles. The molecule has 0 aliphatic rings. The number of carboxylic acid groups (broad SMARTS) is 1. The van der Waals surface area contributed by atoms with Gasteiger partial charge in [0.15, 0.2) is 5.82 Å². The summed E-state index contributed by atoms with van der Waals surface area (Å²) in [5, 5.41) is 11.8. The van der Waals surface area contributed by atoms with Crippen LogP contribution in [0, 0.1) is 0 Å². The Hall–Kier alpha value is -1.39. The van der Waals surface area contributed by atoms with E-state index in [1.807, 2.05) is 6.92 Å². The lowest BCUT2D eigenvalue weighted by Crippen LogP contribution is -2.01. The first-order chi connectivity index (χ1) is 5.22. The quantitative estimate of drug-likeness (QED) is 0.679. The second kappa shape index (κ2) is 3.14. The van der Waals surface area contributed by atoms with E-state index >= 15 is 0 Å². The molecule has 1 aromatic rings. The highest BCUT2D eigenvalue weighted by Crippen LogP contribution is 1.97. The Labute approximate surface area is 63.0 Å². The van der Waals surface area contributed by atoms with Crippen molar-refractivity contribution in [3.05, 3.63) is 11.7 Å². The van der Waals surface area contributed by atoms with Gasteiger partial charge in [0, 0.05) is 6.42 Å². The predicted molar refractivity (Wildman–Crippen MR) is 35.0 cm³/mol. The summed E-state index contributed by atoms with van der Waals surface area (Å²) in [5.74, 6) is -0.246. The van der Waals surface area contributed by atoms with Crippen LogP contribution in [-0.4, -0.2) is 21.2 Å². The standard InChI is InChI=1S/C6H8N2O3/c1-2-5-7-4(8-11-5)3-6(9)10/h2-3H2,1H3,(H,9,10). The summed E-state index contributed by atoms with van der Waals surface area (Å²) >= 11 is 0. The van der Waals surface area contributed by atoms with Gasteiger partial charge in [-0.25, -0.2) is 0 Å². The average molecular weight is 156 g/mol. The molecule has 1 aromatic heterocycles. The van der Waals surface area contributed by atoms with Crippen molar-refractivity contribution in [2.75, 3.05) is 0 Å². The molecule has 0 bridgehead atoms. The van der Waals surface area contributed by atoms with Gasteiger partial charge in [0.1, 0.15) is 6.42 Å². The third-order valence-corrected chi connectivity index (χ3v) is 1.12. The van der Waals surface area contributed by atoms with Crippen molar-refractivity contribution in [3.8, 4) is 0 Å². The number of aliphatic carboxylic acids is 1. The molecule has 60 valence electrons. The van der Waals surface area contributed by atoms with E-state index in [1.54, 1.807) is 0 Å². The Bertz CT molecular complexity index is 256. The predicted octanol–water partition coefficient (Wildman–Crippen LogP) is 0.259. The fraction of sp³-hybridized carbons (Fsp3) is 0.500. The van der Waals surface area contributed by atoms with Crippen LogP contribution in [0.5, 0.6) is 0 Å². The molecular formula is C6H8N2O3. The minimum absolute atomic E-state index is 0.177. The van der Waals surface area contributed by atoms with E-state index in [9.17, 15) is 4.79 Å². The Balaban J connectivity index is 2.65. The SMILES string of the molecule is CCc1nc(CC(=O)O)no1. The number of carboxylic acids is 1. The highest BCUT2D eigenvalue weighted by molar-refractivity contribution is 5.68. The van der Waals surface area contributed by atoms with Crippen LogP contribution < -0.4 is 0 Å². The van der Waals surface area contributed by atoms with Crippen LogP contribution in [0.4, 0.5) is 0 Å². The maximum atomic E-state index is 10.1. The van der Waals surface area contributed by atoms with Crippen molar-refractivity contribution in [1.82, 2.24) is 10.1 Å². The zero-order valence-electron chi connectivity index (χ0n) is 6.07. The topological polar surface area (TPSA) is 76.2 Å². The summed E-state index contributed by atoms with van der Waals surface area (Å²) in [6, 6.07) is 0. The van der Waals surface area contributed by atoms with Crippen molar-refractivity contribution in [1.29, 1.82) is 0 Å². The molecular weight excluding hydrogens is 148 g/mol. The van der Waals surface area contributed by atoms with Crippen LogP contribution in [0.15, 0.2) is 4.52 Å². The Morgan fingerprint density at radius 3 is 2.91 bits per heavy atom. The summed E-state index contributed by atoms with van der Waals surface area (Å²) in [7, 11) is 0. The maximum Gasteiger partial charge on any atom is 0.311 e. The zero-order chi connectivity index (χ0) is 8.27. The van der Waals surface area contributed by atoms with Gasteiger partial charge in [-0.3, -0.25) is 4.79 Å². The largest absolute Gasteiger partial charge is 0.481 e. The molecule has 11 heavy (non-hydrogen) atoms. The first-order valence-electron chi connectivity index (χ1n) is 3.25. The Morgan fingerprint density at radius 2 is 2.45 bits per heavy atom.